The Labute approximate surface area is 135 Å². The van der Waals surface area contributed by atoms with Crippen LogP contribution in [0, 0.1) is 5.92 Å². The summed E-state index contributed by atoms with van der Waals surface area (Å²) in [5, 5.41) is 4.67. The number of rotatable bonds is 3. The van der Waals surface area contributed by atoms with E-state index in [2.05, 4.69) is 43.9 Å². The van der Waals surface area contributed by atoms with Crippen LogP contribution in [0.1, 0.15) is 51.8 Å². The summed E-state index contributed by atoms with van der Waals surface area (Å²) in [5.41, 5.74) is 8.78. The maximum atomic E-state index is 6.08. The van der Waals surface area contributed by atoms with Gasteiger partial charge in [0, 0.05) is 43.4 Å². The Morgan fingerprint density at radius 3 is 2.67 bits per heavy atom. The predicted molar refractivity (Wildman–Crippen MR) is 90.8 cm³/mol. The van der Waals surface area contributed by atoms with Crippen LogP contribution in [-0.4, -0.2) is 33.8 Å². The minimum Gasteiger partial charge on any atom is -0.328 e. The lowest BCUT2D eigenvalue weighted by Crippen LogP contribution is -2.42. The maximum Gasteiger partial charge on any atom is 0.0722 e. The van der Waals surface area contributed by atoms with Crippen molar-refractivity contribution in [2.75, 3.05) is 13.1 Å². The molecule has 122 valence electrons. The summed E-state index contributed by atoms with van der Waals surface area (Å²) in [4.78, 5) is 2.55. The average molecular weight is 315 g/mol. The van der Waals surface area contributed by atoms with Gasteiger partial charge in [0.2, 0.25) is 0 Å². The first-order valence-electron chi connectivity index (χ1n) is 7.78. The second-order valence-electron chi connectivity index (χ2n) is 7.42. The lowest BCUT2D eigenvalue weighted by atomic mass is 9.88. The fraction of sp³-hybridized carbons (Fsp3) is 0.812. The number of likely N-dealkylation sites (tertiary alicyclic amines) is 1. The second kappa shape index (κ2) is 7.12. The fourth-order valence-corrected chi connectivity index (χ4v) is 3.19. The number of aromatic nitrogens is 2. The number of nitrogens with two attached hydrogens (primary N) is 1. The van der Waals surface area contributed by atoms with Crippen LogP contribution in [0.15, 0.2) is 6.20 Å². The first kappa shape index (κ1) is 18.5. The summed E-state index contributed by atoms with van der Waals surface area (Å²) in [6.45, 7) is 12.2. The molecule has 4 nitrogen and oxygen atoms in total. The van der Waals surface area contributed by atoms with E-state index >= 15 is 0 Å². The molecule has 1 saturated heterocycles. The van der Waals surface area contributed by atoms with Crippen molar-refractivity contribution in [3.8, 4) is 0 Å². The third-order valence-electron chi connectivity index (χ3n) is 4.29. The van der Waals surface area contributed by atoms with E-state index in [0.717, 1.165) is 13.1 Å². The Kier molecular flexibility index (Phi) is 6.26. The molecule has 0 radical (unpaired) electrons. The summed E-state index contributed by atoms with van der Waals surface area (Å²) < 4.78 is 1.95. The molecule has 1 aliphatic rings. The Balaban J connectivity index is 0.00000220. The highest BCUT2D eigenvalue weighted by Gasteiger charge is 2.26. The number of halogens is 1. The highest BCUT2D eigenvalue weighted by atomic mass is 35.5. The zero-order valence-corrected chi connectivity index (χ0v) is 14.9. The minimum atomic E-state index is 0. The molecule has 2 rings (SSSR count). The van der Waals surface area contributed by atoms with Crippen molar-refractivity contribution in [2.45, 2.75) is 58.5 Å². The van der Waals surface area contributed by atoms with Gasteiger partial charge in [-0.25, -0.2) is 0 Å². The van der Waals surface area contributed by atoms with Crippen molar-refractivity contribution in [3.05, 3.63) is 17.5 Å². The minimum absolute atomic E-state index is 0. The molecule has 0 amide bonds. The molecule has 1 aromatic heterocycles. The first-order valence-corrected chi connectivity index (χ1v) is 7.78. The lowest BCUT2D eigenvalue weighted by Gasteiger charge is -2.34. The fourth-order valence-electron chi connectivity index (χ4n) is 3.19. The SMILES string of the molecule is CC(N)C1CCCN(Cc2cn(C)nc2C(C)(C)C)C1.Cl. The van der Waals surface area contributed by atoms with Crippen molar-refractivity contribution < 1.29 is 0 Å². The average Bonchev–Trinajstić information content (AvgIpc) is 2.70. The van der Waals surface area contributed by atoms with Gasteiger partial charge in [0.15, 0.2) is 0 Å². The van der Waals surface area contributed by atoms with Gasteiger partial charge in [0.1, 0.15) is 0 Å². The molecule has 2 N–H and O–H groups in total. The summed E-state index contributed by atoms with van der Waals surface area (Å²) in [7, 11) is 2.01. The Bertz CT molecular complexity index is 448. The van der Waals surface area contributed by atoms with Gasteiger partial charge >= 0.3 is 0 Å². The van der Waals surface area contributed by atoms with Crippen LogP contribution in [0.4, 0.5) is 0 Å². The van der Waals surface area contributed by atoms with E-state index in [1.807, 2.05) is 11.7 Å². The topological polar surface area (TPSA) is 47.1 Å². The van der Waals surface area contributed by atoms with E-state index in [9.17, 15) is 0 Å². The number of hydrogen-bond donors (Lipinski definition) is 1. The van der Waals surface area contributed by atoms with Gasteiger partial charge in [-0.3, -0.25) is 9.58 Å². The number of piperidine rings is 1. The van der Waals surface area contributed by atoms with Crippen LogP contribution >= 0.6 is 12.4 Å². The van der Waals surface area contributed by atoms with Crippen LogP contribution < -0.4 is 5.73 Å². The normalized spacial score (nSPS) is 21.9. The Morgan fingerprint density at radius 2 is 2.10 bits per heavy atom. The van der Waals surface area contributed by atoms with Gasteiger partial charge in [-0.05, 0) is 32.2 Å². The zero-order valence-electron chi connectivity index (χ0n) is 14.1. The van der Waals surface area contributed by atoms with E-state index in [1.54, 1.807) is 0 Å². The van der Waals surface area contributed by atoms with Gasteiger partial charge < -0.3 is 5.73 Å². The molecule has 2 unspecified atom stereocenters. The molecule has 1 aromatic rings. The van der Waals surface area contributed by atoms with Gasteiger partial charge in [-0.2, -0.15) is 5.10 Å². The quantitative estimate of drug-likeness (QED) is 0.933. The molecule has 21 heavy (non-hydrogen) atoms. The van der Waals surface area contributed by atoms with E-state index < -0.39 is 0 Å². The highest BCUT2D eigenvalue weighted by Crippen LogP contribution is 2.27. The third-order valence-corrected chi connectivity index (χ3v) is 4.29. The molecular formula is C16H31ClN4. The number of hydrogen-bond acceptors (Lipinski definition) is 3. The highest BCUT2D eigenvalue weighted by molar-refractivity contribution is 5.85. The standard InChI is InChI=1S/C16H30N4.ClH/c1-12(17)13-7-6-8-20(10-13)11-14-9-19(5)18-15(14)16(2,3)4;/h9,12-13H,6-8,10-11,17H2,1-5H3;1H. The molecule has 2 heterocycles. The molecular weight excluding hydrogens is 284 g/mol. The van der Waals surface area contributed by atoms with Gasteiger partial charge in [0.25, 0.3) is 0 Å². The largest absolute Gasteiger partial charge is 0.328 e. The van der Waals surface area contributed by atoms with Crippen LogP contribution in [0.2, 0.25) is 0 Å². The van der Waals surface area contributed by atoms with E-state index in [-0.39, 0.29) is 17.8 Å². The van der Waals surface area contributed by atoms with Crippen LogP contribution in [0.25, 0.3) is 0 Å². The van der Waals surface area contributed by atoms with Crippen molar-refractivity contribution in [1.82, 2.24) is 14.7 Å². The van der Waals surface area contributed by atoms with E-state index in [1.165, 1.54) is 30.6 Å². The van der Waals surface area contributed by atoms with Crippen molar-refractivity contribution in [3.63, 3.8) is 0 Å². The molecule has 1 aliphatic heterocycles. The lowest BCUT2D eigenvalue weighted by molar-refractivity contribution is 0.153. The van der Waals surface area contributed by atoms with Crippen LogP contribution in [0.5, 0.6) is 0 Å². The summed E-state index contributed by atoms with van der Waals surface area (Å²) >= 11 is 0. The molecule has 0 saturated carbocycles. The number of nitrogens with zero attached hydrogens (tertiary/aromatic N) is 3. The van der Waals surface area contributed by atoms with Gasteiger partial charge in [0.05, 0.1) is 5.69 Å². The van der Waals surface area contributed by atoms with Crippen LogP contribution in [0.3, 0.4) is 0 Å². The van der Waals surface area contributed by atoms with E-state index in [0.29, 0.717) is 12.0 Å². The Hall–Kier alpha value is -0.580. The molecule has 1 fully saturated rings. The zero-order chi connectivity index (χ0) is 14.9. The van der Waals surface area contributed by atoms with Gasteiger partial charge in [-0.1, -0.05) is 20.8 Å². The molecule has 2 atom stereocenters. The summed E-state index contributed by atoms with van der Waals surface area (Å²) in [5.74, 6) is 0.638. The summed E-state index contributed by atoms with van der Waals surface area (Å²) in [6, 6.07) is 0.300. The van der Waals surface area contributed by atoms with Crippen LogP contribution in [-0.2, 0) is 19.0 Å². The molecule has 0 aliphatic carbocycles. The molecule has 0 bridgehead atoms. The second-order valence-corrected chi connectivity index (χ2v) is 7.42. The molecule has 5 heteroatoms. The van der Waals surface area contributed by atoms with Gasteiger partial charge in [-0.15, -0.1) is 12.4 Å². The van der Waals surface area contributed by atoms with E-state index in [4.69, 9.17) is 5.73 Å². The maximum absolute atomic E-state index is 6.08. The smallest absolute Gasteiger partial charge is 0.0722 e. The number of aryl methyl sites for hydroxylation is 1. The monoisotopic (exact) mass is 314 g/mol. The molecule has 0 spiro atoms. The summed E-state index contributed by atoms with van der Waals surface area (Å²) in [6.07, 6.45) is 4.71. The predicted octanol–water partition coefficient (Wildman–Crippen LogP) is 2.70. The molecule has 0 aromatic carbocycles. The van der Waals surface area contributed by atoms with Crippen molar-refractivity contribution >= 4 is 12.4 Å². The Morgan fingerprint density at radius 1 is 1.43 bits per heavy atom. The van der Waals surface area contributed by atoms with Crippen molar-refractivity contribution in [2.24, 2.45) is 18.7 Å². The van der Waals surface area contributed by atoms with Crippen molar-refractivity contribution in [1.29, 1.82) is 0 Å². The first-order chi connectivity index (χ1) is 9.27. The third kappa shape index (κ3) is 4.70.